The summed E-state index contributed by atoms with van der Waals surface area (Å²) in [6, 6.07) is 11.1. The Hall–Kier alpha value is -3.57. The second-order valence-corrected chi connectivity index (χ2v) is 8.81. The molecule has 1 aliphatic heterocycles. The first-order chi connectivity index (χ1) is 16.6. The van der Waals surface area contributed by atoms with Crippen LogP contribution in [0, 0.1) is 0 Å². The van der Waals surface area contributed by atoms with Crippen LogP contribution in [0.25, 0.3) is 16.5 Å². The van der Waals surface area contributed by atoms with Crippen molar-refractivity contribution in [3.63, 3.8) is 0 Å². The standard InChI is InChI=1S/C23H25N5O5S/c1-3-32-23(30)27-11-9-26(10-12-27)18(15-6-4-7-16(14-15)31-2)19-21(29)28-22(34-19)24-20(25-28)17-8-5-13-33-17/h4-8,13-14,18,29H,3,9-12H2,1-2H3. The van der Waals surface area contributed by atoms with Gasteiger partial charge >= 0.3 is 6.09 Å². The number of benzene rings is 1. The number of piperazine rings is 1. The van der Waals surface area contributed by atoms with Gasteiger partial charge in [-0.2, -0.15) is 9.50 Å². The van der Waals surface area contributed by atoms with Crippen LogP contribution in [0.3, 0.4) is 0 Å². The van der Waals surface area contributed by atoms with E-state index in [4.69, 9.17) is 13.9 Å². The molecule has 1 unspecified atom stereocenters. The van der Waals surface area contributed by atoms with E-state index in [-0.39, 0.29) is 18.0 Å². The van der Waals surface area contributed by atoms with Crippen molar-refractivity contribution in [1.82, 2.24) is 24.4 Å². The van der Waals surface area contributed by atoms with Crippen LogP contribution in [0.2, 0.25) is 0 Å². The molecule has 34 heavy (non-hydrogen) atoms. The number of aromatic nitrogens is 3. The van der Waals surface area contributed by atoms with Gasteiger partial charge in [0.15, 0.2) is 5.76 Å². The third kappa shape index (κ3) is 4.08. The van der Waals surface area contributed by atoms with Gasteiger partial charge in [-0.25, -0.2) is 4.79 Å². The first-order valence-corrected chi connectivity index (χ1v) is 11.8. The molecule has 10 nitrogen and oxygen atoms in total. The first kappa shape index (κ1) is 22.2. The van der Waals surface area contributed by atoms with E-state index >= 15 is 0 Å². The predicted molar refractivity (Wildman–Crippen MR) is 125 cm³/mol. The average molecular weight is 484 g/mol. The molecule has 178 valence electrons. The smallest absolute Gasteiger partial charge is 0.409 e. The fraction of sp³-hybridized carbons (Fsp3) is 0.348. The van der Waals surface area contributed by atoms with Crippen LogP contribution in [-0.4, -0.2) is 75.5 Å². The van der Waals surface area contributed by atoms with Crippen molar-refractivity contribution < 1.29 is 23.8 Å². The van der Waals surface area contributed by atoms with Crippen molar-refractivity contribution in [2.75, 3.05) is 39.9 Å². The molecular formula is C23H25N5O5S. The number of aromatic hydroxyl groups is 1. The van der Waals surface area contributed by atoms with Gasteiger partial charge < -0.3 is 23.9 Å². The summed E-state index contributed by atoms with van der Waals surface area (Å²) in [4.78, 5) is 22.0. The van der Waals surface area contributed by atoms with Crippen molar-refractivity contribution in [2.24, 2.45) is 0 Å². The number of carbonyl (C=O) groups excluding carboxylic acids is 1. The molecule has 1 atom stereocenters. The summed E-state index contributed by atoms with van der Waals surface area (Å²) in [5.41, 5.74) is 0.968. The number of furan rings is 1. The summed E-state index contributed by atoms with van der Waals surface area (Å²) in [7, 11) is 1.63. The van der Waals surface area contributed by atoms with Crippen LogP contribution in [0.5, 0.6) is 11.6 Å². The highest BCUT2D eigenvalue weighted by Gasteiger charge is 2.33. The van der Waals surface area contributed by atoms with Crippen LogP contribution < -0.4 is 4.74 Å². The Morgan fingerprint density at radius 2 is 2.06 bits per heavy atom. The molecule has 0 aliphatic carbocycles. The number of rotatable bonds is 6. The summed E-state index contributed by atoms with van der Waals surface area (Å²) in [5.74, 6) is 1.72. The number of ether oxygens (including phenoxy) is 2. The molecule has 11 heteroatoms. The second-order valence-electron chi connectivity index (χ2n) is 7.80. The van der Waals surface area contributed by atoms with Crippen molar-refractivity contribution >= 4 is 22.4 Å². The Morgan fingerprint density at radius 1 is 1.24 bits per heavy atom. The van der Waals surface area contributed by atoms with E-state index in [2.05, 4.69) is 15.0 Å². The van der Waals surface area contributed by atoms with E-state index in [1.165, 1.54) is 15.9 Å². The lowest BCUT2D eigenvalue weighted by atomic mass is 10.0. The van der Waals surface area contributed by atoms with Crippen molar-refractivity contribution in [1.29, 1.82) is 0 Å². The number of amides is 1. The maximum Gasteiger partial charge on any atom is 0.409 e. The minimum absolute atomic E-state index is 0.0333. The zero-order valence-electron chi connectivity index (χ0n) is 18.9. The second kappa shape index (κ2) is 9.35. The molecule has 1 aliphatic rings. The Balaban J connectivity index is 1.50. The minimum Gasteiger partial charge on any atom is -0.497 e. The fourth-order valence-electron chi connectivity index (χ4n) is 4.16. The number of carbonyl (C=O) groups is 1. The summed E-state index contributed by atoms with van der Waals surface area (Å²) in [5, 5.41) is 15.6. The van der Waals surface area contributed by atoms with Crippen molar-refractivity contribution in [2.45, 2.75) is 13.0 Å². The summed E-state index contributed by atoms with van der Waals surface area (Å²) in [6.45, 7) is 4.44. The van der Waals surface area contributed by atoms with E-state index < -0.39 is 0 Å². The molecule has 1 fully saturated rings. The van der Waals surface area contributed by atoms with Gasteiger partial charge in [0.1, 0.15) is 5.75 Å². The zero-order chi connectivity index (χ0) is 23.7. The lowest BCUT2D eigenvalue weighted by Gasteiger charge is -2.38. The minimum atomic E-state index is -0.299. The van der Waals surface area contributed by atoms with Gasteiger partial charge in [-0.05, 0) is 36.8 Å². The molecule has 1 aromatic carbocycles. The van der Waals surface area contributed by atoms with Gasteiger partial charge in [0.05, 0.1) is 30.9 Å². The van der Waals surface area contributed by atoms with Crippen LogP contribution in [0.15, 0.2) is 47.1 Å². The Bertz CT molecular complexity index is 1280. The topological polar surface area (TPSA) is 106 Å². The zero-order valence-corrected chi connectivity index (χ0v) is 19.7. The summed E-state index contributed by atoms with van der Waals surface area (Å²) in [6.07, 6.45) is 1.26. The van der Waals surface area contributed by atoms with Gasteiger partial charge in [0.25, 0.3) is 0 Å². The van der Waals surface area contributed by atoms with Crippen LogP contribution >= 0.6 is 11.3 Å². The lowest BCUT2D eigenvalue weighted by Crippen LogP contribution is -2.49. The molecule has 0 radical (unpaired) electrons. The van der Waals surface area contributed by atoms with Crippen LogP contribution in [-0.2, 0) is 4.74 Å². The highest BCUT2D eigenvalue weighted by molar-refractivity contribution is 7.17. The number of fused-ring (bicyclic) bond motifs is 1. The molecule has 0 spiro atoms. The van der Waals surface area contributed by atoms with Gasteiger partial charge in [-0.15, -0.1) is 5.10 Å². The molecule has 5 rings (SSSR count). The normalized spacial score (nSPS) is 15.5. The number of thiazole rings is 1. The number of hydrogen-bond acceptors (Lipinski definition) is 9. The van der Waals surface area contributed by atoms with Crippen molar-refractivity contribution in [3.8, 4) is 23.2 Å². The fourth-order valence-corrected chi connectivity index (χ4v) is 5.27. The number of methoxy groups -OCH3 is 1. The maximum atomic E-state index is 12.2. The molecule has 1 saturated heterocycles. The molecule has 3 aromatic heterocycles. The Morgan fingerprint density at radius 3 is 2.74 bits per heavy atom. The van der Waals surface area contributed by atoms with Gasteiger partial charge in [-0.1, -0.05) is 23.5 Å². The SMILES string of the molecule is CCOC(=O)N1CCN(C(c2cccc(OC)c2)c2sc3nc(-c4ccco4)nn3c2O)CC1. The van der Waals surface area contributed by atoms with E-state index in [9.17, 15) is 9.90 Å². The highest BCUT2D eigenvalue weighted by atomic mass is 32.1. The van der Waals surface area contributed by atoms with Crippen LogP contribution in [0.4, 0.5) is 4.79 Å². The lowest BCUT2D eigenvalue weighted by molar-refractivity contribution is 0.0715. The third-order valence-corrected chi connectivity index (χ3v) is 6.88. The molecule has 1 N–H and O–H groups in total. The molecular weight excluding hydrogens is 458 g/mol. The average Bonchev–Trinajstić information content (AvgIpc) is 3.59. The van der Waals surface area contributed by atoms with Gasteiger partial charge in [0.2, 0.25) is 16.7 Å². The van der Waals surface area contributed by atoms with Crippen molar-refractivity contribution in [3.05, 3.63) is 53.1 Å². The number of hydrogen-bond donors (Lipinski definition) is 1. The molecule has 4 aromatic rings. The van der Waals surface area contributed by atoms with E-state index in [0.717, 1.165) is 16.2 Å². The third-order valence-electron chi connectivity index (χ3n) is 5.80. The molecule has 4 heterocycles. The van der Waals surface area contributed by atoms with E-state index in [0.29, 0.717) is 49.3 Å². The monoisotopic (exact) mass is 483 g/mol. The van der Waals surface area contributed by atoms with E-state index in [1.54, 1.807) is 37.3 Å². The predicted octanol–water partition coefficient (Wildman–Crippen LogP) is 3.63. The van der Waals surface area contributed by atoms with Gasteiger partial charge in [0, 0.05) is 26.2 Å². The van der Waals surface area contributed by atoms with E-state index in [1.807, 2.05) is 24.3 Å². The quantitative estimate of drug-likeness (QED) is 0.443. The highest BCUT2D eigenvalue weighted by Crippen LogP contribution is 2.41. The first-order valence-electron chi connectivity index (χ1n) is 11.0. The van der Waals surface area contributed by atoms with Crippen LogP contribution in [0.1, 0.15) is 23.4 Å². The number of nitrogens with zero attached hydrogens (tertiary/aromatic N) is 5. The summed E-state index contributed by atoms with van der Waals surface area (Å²) < 4.78 is 17.4. The molecule has 0 bridgehead atoms. The molecule has 0 saturated carbocycles. The Kier molecular flexibility index (Phi) is 6.12. The summed E-state index contributed by atoms with van der Waals surface area (Å²) >= 11 is 1.38. The molecule has 1 amide bonds. The maximum absolute atomic E-state index is 12.2. The van der Waals surface area contributed by atoms with Gasteiger partial charge in [-0.3, -0.25) is 4.90 Å². The Labute approximate surface area is 199 Å². The largest absolute Gasteiger partial charge is 0.497 e.